The second kappa shape index (κ2) is 10.8. The first-order valence-corrected chi connectivity index (χ1v) is 9.88. The lowest BCUT2D eigenvalue weighted by molar-refractivity contribution is -0.136. The number of oxime groups is 1. The molecule has 0 radical (unpaired) electrons. The van der Waals surface area contributed by atoms with Gasteiger partial charge in [-0.05, 0) is 47.9 Å². The lowest BCUT2D eigenvalue weighted by Gasteiger charge is -2.09. The topological polar surface area (TPSA) is 85.9 Å². The monoisotopic (exact) mass is 407 g/mol. The van der Waals surface area contributed by atoms with Gasteiger partial charge in [-0.15, -0.1) is 0 Å². The van der Waals surface area contributed by atoms with Crippen molar-refractivity contribution in [3.8, 4) is 11.4 Å². The quantitative estimate of drug-likeness (QED) is 0.294. The van der Waals surface area contributed by atoms with Gasteiger partial charge in [0.15, 0.2) is 6.61 Å². The Bertz CT molecular complexity index is 966. The Morgan fingerprint density at radius 1 is 1.13 bits per heavy atom. The molecule has 1 N–H and O–H groups in total. The standard InChI is InChI=1S/C23H25N3O4/c1-2-5-22(19-8-10-20(11-9-19)26-13-4-12-24-26)25-30-15-14-29-21-7-3-6-18(16-21)17-23(27)28/h3-4,6-13,16H,2,5,14-15,17H2,1H3,(H,27,28)/b25-22+. The van der Waals surface area contributed by atoms with Gasteiger partial charge in [0.2, 0.25) is 0 Å². The van der Waals surface area contributed by atoms with E-state index in [4.69, 9.17) is 14.7 Å². The summed E-state index contributed by atoms with van der Waals surface area (Å²) in [6.45, 7) is 2.71. The zero-order valence-corrected chi connectivity index (χ0v) is 16.9. The molecule has 1 aromatic heterocycles. The molecule has 0 amide bonds. The van der Waals surface area contributed by atoms with Gasteiger partial charge in [-0.25, -0.2) is 4.68 Å². The van der Waals surface area contributed by atoms with Crippen molar-refractivity contribution in [1.82, 2.24) is 9.78 Å². The van der Waals surface area contributed by atoms with Crippen LogP contribution in [-0.4, -0.2) is 39.8 Å². The van der Waals surface area contributed by atoms with Gasteiger partial charge in [-0.1, -0.05) is 42.8 Å². The average molecular weight is 407 g/mol. The van der Waals surface area contributed by atoms with E-state index in [0.717, 1.165) is 29.8 Å². The van der Waals surface area contributed by atoms with E-state index in [1.54, 1.807) is 35.1 Å². The lowest BCUT2D eigenvalue weighted by atomic mass is 10.1. The summed E-state index contributed by atoms with van der Waals surface area (Å²) in [7, 11) is 0. The highest BCUT2D eigenvalue weighted by Gasteiger charge is 2.06. The molecule has 0 saturated heterocycles. The summed E-state index contributed by atoms with van der Waals surface area (Å²) < 4.78 is 7.44. The molecule has 0 saturated carbocycles. The number of aliphatic carboxylic acids is 1. The van der Waals surface area contributed by atoms with Crippen LogP contribution in [0, 0.1) is 0 Å². The van der Waals surface area contributed by atoms with Gasteiger partial charge in [0.25, 0.3) is 0 Å². The third-order valence-electron chi connectivity index (χ3n) is 4.33. The maximum atomic E-state index is 10.8. The van der Waals surface area contributed by atoms with Crippen molar-refractivity contribution in [2.24, 2.45) is 5.16 Å². The van der Waals surface area contributed by atoms with E-state index in [-0.39, 0.29) is 6.42 Å². The smallest absolute Gasteiger partial charge is 0.307 e. The first kappa shape index (κ1) is 21.1. The number of nitrogens with zero attached hydrogens (tertiary/aromatic N) is 3. The maximum Gasteiger partial charge on any atom is 0.307 e. The Labute approximate surface area is 175 Å². The number of hydrogen-bond donors (Lipinski definition) is 1. The van der Waals surface area contributed by atoms with Crippen LogP contribution in [0.3, 0.4) is 0 Å². The molecule has 7 nitrogen and oxygen atoms in total. The summed E-state index contributed by atoms with van der Waals surface area (Å²) in [5, 5.41) is 17.4. The zero-order valence-electron chi connectivity index (χ0n) is 16.9. The number of ether oxygens (including phenoxy) is 1. The predicted molar refractivity (Wildman–Crippen MR) is 114 cm³/mol. The summed E-state index contributed by atoms with van der Waals surface area (Å²) in [6, 6.07) is 17.0. The van der Waals surface area contributed by atoms with Crippen molar-refractivity contribution in [3.63, 3.8) is 0 Å². The highest BCUT2D eigenvalue weighted by molar-refractivity contribution is 6.00. The number of carboxylic acid groups (broad SMARTS) is 1. The Balaban J connectivity index is 1.53. The van der Waals surface area contributed by atoms with Crippen LogP contribution in [0.25, 0.3) is 5.69 Å². The molecule has 0 aliphatic carbocycles. The number of carboxylic acids is 1. The normalized spacial score (nSPS) is 11.3. The number of benzene rings is 2. The fraction of sp³-hybridized carbons (Fsp3) is 0.261. The Morgan fingerprint density at radius 3 is 2.67 bits per heavy atom. The van der Waals surface area contributed by atoms with Crippen molar-refractivity contribution in [2.75, 3.05) is 13.2 Å². The van der Waals surface area contributed by atoms with Crippen LogP contribution in [0.15, 0.2) is 72.1 Å². The van der Waals surface area contributed by atoms with E-state index in [1.807, 2.05) is 36.5 Å². The summed E-state index contributed by atoms with van der Waals surface area (Å²) in [4.78, 5) is 16.3. The van der Waals surface area contributed by atoms with Crippen molar-refractivity contribution in [2.45, 2.75) is 26.2 Å². The molecule has 0 unspecified atom stereocenters. The summed E-state index contributed by atoms with van der Waals surface area (Å²) in [5.41, 5.74) is 3.57. The third-order valence-corrected chi connectivity index (χ3v) is 4.33. The van der Waals surface area contributed by atoms with Crippen LogP contribution in [0.4, 0.5) is 0 Å². The Morgan fingerprint density at radius 2 is 1.97 bits per heavy atom. The first-order chi connectivity index (χ1) is 14.7. The summed E-state index contributed by atoms with van der Waals surface area (Å²) in [6.07, 6.45) is 5.37. The molecule has 0 aliphatic heterocycles. The van der Waals surface area contributed by atoms with Crippen molar-refractivity contribution < 1.29 is 19.5 Å². The van der Waals surface area contributed by atoms with Gasteiger partial charge < -0.3 is 14.7 Å². The minimum atomic E-state index is -0.870. The van der Waals surface area contributed by atoms with E-state index in [1.165, 1.54) is 0 Å². The van der Waals surface area contributed by atoms with Gasteiger partial charge in [0, 0.05) is 12.4 Å². The molecule has 30 heavy (non-hydrogen) atoms. The van der Waals surface area contributed by atoms with Crippen LogP contribution in [-0.2, 0) is 16.1 Å². The fourth-order valence-corrected chi connectivity index (χ4v) is 2.95. The highest BCUT2D eigenvalue weighted by Crippen LogP contribution is 2.14. The second-order valence-electron chi connectivity index (χ2n) is 6.69. The molecule has 0 fully saturated rings. The lowest BCUT2D eigenvalue weighted by Crippen LogP contribution is -2.08. The maximum absolute atomic E-state index is 10.8. The Kier molecular flexibility index (Phi) is 7.60. The molecule has 7 heteroatoms. The highest BCUT2D eigenvalue weighted by atomic mass is 16.6. The van der Waals surface area contributed by atoms with Gasteiger partial charge >= 0.3 is 5.97 Å². The molecule has 2 aromatic carbocycles. The van der Waals surface area contributed by atoms with Gasteiger partial charge in [-0.3, -0.25) is 4.79 Å². The van der Waals surface area contributed by atoms with Gasteiger partial charge in [0.1, 0.15) is 12.4 Å². The van der Waals surface area contributed by atoms with Crippen LogP contribution in [0.2, 0.25) is 0 Å². The first-order valence-electron chi connectivity index (χ1n) is 9.88. The molecular formula is C23H25N3O4. The van der Waals surface area contributed by atoms with E-state index < -0.39 is 5.97 Å². The van der Waals surface area contributed by atoms with Crippen molar-refractivity contribution in [1.29, 1.82) is 0 Å². The zero-order chi connectivity index (χ0) is 21.2. The molecule has 0 spiro atoms. The van der Waals surface area contributed by atoms with E-state index >= 15 is 0 Å². The van der Waals surface area contributed by atoms with Gasteiger partial charge in [0.05, 0.1) is 17.8 Å². The van der Waals surface area contributed by atoms with Crippen LogP contribution >= 0.6 is 0 Å². The van der Waals surface area contributed by atoms with E-state index in [2.05, 4.69) is 17.2 Å². The Hall–Kier alpha value is -3.61. The van der Waals surface area contributed by atoms with Gasteiger partial charge in [-0.2, -0.15) is 5.10 Å². The van der Waals surface area contributed by atoms with E-state index in [0.29, 0.717) is 24.5 Å². The molecule has 3 rings (SSSR count). The number of rotatable bonds is 11. The molecule has 0 atom stereocenters. The molecule has 3 aromatic rings. The molecule has 0 aliphatic rings. The van der Waals surface area contributed by atoms with E-state index in [9.17, 15) is 4.79 Å². The third kappa shape index (κ3) is 6.20. The summed E-state index contributed by atoms with van der Waals surface area (Å²) >= 11 is 0. The van der Waals surface area contributed by atoms with Crippen LogP contribution in [0.5, 0.6) is 5.75 Å². The number of carbonyl (C=O) groups is 1. The minimum absolute atomic E-state index is 0.0302. The average Bonchev–Trinajstić information content (AvgIpc) is 3.28. The SMILES string of the molecule is CCC/C(=N\OCCOc1cccc(CC(=O)O)c1)c1ccc(-n2cccn2)cc1. The molecule has 156 valence electrons. The molecule has 0 bridgehead atoms. The van der Waals surface area contributed by atoms with Crippen LogP contribution in [0.1, 0.15) is 30.9 Å². The molecular weight excluding hydrogens is 382 g/mol. The minimum Gasteiger partial charge on any atom is -0.490 e. The predicted octanol–water partition coefficient (Wildman–Crippen LogP) is 4.10. The molecule has 1 heterocycles. The van der Waals surface area contributed by atoms with Crippen molar-refractivity contribution >= 4 is 11.7 Å². The number of aromatic nitrogens is 2. The fourth-order valence-electron chi connectivity index (χ4n) is 2.95. The second-order valence-corrected chi connectivity index (χ2v) is 6.69. The number of hydrogen-bond acceptors (Lipinski definition) is 5. The van der Waals surface area contributed by atoms with Crippen molar-refractivity contribution in [3.05, 3.63) is 78.1 Å². The summed E-state index contributed by atoms with van der Waals surface area (Å²) in [5.74, 6) is -0.254. The largest absolute Gasteiger partial charge is 0.490 e. The van der Waals surface area contributed by atoms with Crippen LogP contribution < -0.4 is 4.74 Å².